The zero-order chi connectivity index (χ0) is 21.0. The summed E-state index contributed by atoms with van der Waals surface area (Å²) in [4.78, 5) is 28.9. The smallest absolute Gasteiger partial charge is 0.260 e. The van der Waals surface area contributed by atoms with Crippen molar-refractivity contribution in [3.8, 4) is 5.75 Å². The summed E-state index contributed by atoms with van der Waals surface area (Å²) in [6.45, 7) is 3.73. The van der Waals surface area contributed by atoms with E-state index in [2.05, 4.69) is 0 Å². The van der Waals surface area contributed by atoms with Gasteiger partial charge in [-0.1, -0.05) is 0 Å². The molecule has 0 aromatic heterocycles. The Bertz CT molecular complexity index is 740. The van der Waals surface area contributed by atoms with Crippen LogP contribution in [0.5, 0.6) is 5.75 Å². The Balaban J connectivity index is 1.23. The number of nitrogens with zero attached hydrogens (tertiary/aromatic N) is 2. The van der Waals surface area contributed by atoms with Crippen molar-refractivity contribution in [1.29, 1.82) is 0 Å². The highest BCUT2D eigenvalue weighted by Crippen LogP contribution is 2.39. The minimum Gasteiger partial charge on any atom is -0.484 e. The molecule has 164 valence electrons. The maximum Gasteiger partial charge on any atom is 0.260 e. The molecule has 3 aliphatic rings. The van der Waals surface area contributed by atoms with Crippen molar-refractivity contribution in [2.24, 2.45) is 5.92 Å². The lowest BCUT2D eigenvalue weighted by molar-refractivity contribution is -0.150. The molecule has 3 saturated heterocycles. The van der Waals surface area contributed by atoms with Gasteiger partial charge in [-0.25, -0.2) is 4.39 Å². The van der Waals surface area contributed by atoms with Crippen molar-refractivity contribution in [3.63, 3.8) is 0 Å². The van der Waals surface area contributed by atoms with Crippen LogP contribution < -0.4 is 4.74 Å². The number of carbonyl (C=O) groups excluding carboxylic acids is 2. The van der Waals surface area contributed by atoms with Gasteiger partial charge in [0.15, 0.2) is 6.61 Å². The van der Waals surface area contributed by atoms with Crippen LogP contribution >= 0.6 is 0 Å². The van der Waals surface area contributed by atoms with E-state index in [-0.39, 0.29) is 23.9 Å². The monoisotopic (exact) mass is 418 g/mol. The number of amides is 2. The van der Waals surface area contributed by atoms with Gasteiger partial charge in [-0.05, 0) is 68.7 Å². The second-order valence-electron chi connectivity index (χ2n) is 8.81. The maximum absolute atomic E-state index is 13.0. The molecule has 4 rings (SSSR count). The molecule has 1 aromatic rings. The third-order valence-electron chi connectivity index (χ3n) is 6.72. The Hall–Kier alpha value is -2.15. The van der Waals surface area contributed by atoms with Crippen LogP contribution in [0.3, 0.4) is 0 Å². The zero-order valence-electron chi connectivity index (χ0n) is 17.5. The SMILES string of the molecule is O=C(COc1ccc(F)cc1)N1CCC2(CC1)CC(CC(=O)N1CCCC1)CCO2. The molecule has 1 spiro atoms. The van der Waals surface area contributed by atoms with Gasteiger partial charge in [0.05, 0.1) is 5.60 Å². The summed E-state index contributed by atoms with van der Waals surface area (Å²) in [6.07, 6.45) is 6.30. The van der Waals surface area contributed by atoms with E-state index in [9.17, 15) is 14.0 Å². The van der Waals surface area contributed by atoms with Crippen molar-refractivity contribution >= 4 is 11.8 Å². The topological polar surface area (TPSA) is 59.1 Å². The number of benzene rings is 1. The largest absolute Gasteiger partial charge is 0.484 e. The molecule has 30 heavy (non-hydrogen) atoms. The molecule has 1 unspecified atom stereocenters. The zero-order valence-corrected chi connectivity index (χ0v) is 17.5. The van der Waals surface area contributed by atoms with Crippen molar-refractivity contribution in [2.45, 2.75) is 50.5 Å². The van der Waals surface area contributed by atoms with Crippen molar-refractivity contribution < 1.29 is 23.5 Å². The average Bonchev–Trinajstić information content (AvgIpc) is 3.29. The number of rotatable bonds is 5. The van der Waals surface area contributed by atoms with Crippen molar-refractivity contribution in [1.82, 2.24) is 9.80 Å². The molecule has 6 nitrogen and oxygen atoms in total. The lowest BCUT2D eigenvalue weighted by Crippen LogP contribution is -2.51. The highest BCUT2D eigenvalue weighted by molar-refractivity contribution is 5.78. The average molecular weight is 419 g/mol. The van der Waals surface area contributed by atoms with Gasteiger partial charge in [0, 0.05) is 39.2 Å². The molecule has 0 saturated carbocycles. The van der Waals surface area contributed by atoms with Gasteiger partial charge in [0.1, 0.15) is 11.6 Å². The van der Waals surface area contributed by atoms with Crippen LogP contribution in [0.15, 0.2) is 24.3 Å². The number of halogens is 1. The predicted molar refractivity (Wildman–Crippen MR) is 110 cm³/mol. The van der Waals surface area contributed by atoms with Crippen LogP contribution in [0.4, 0.5) is 4.39 Å². The molecule has 0 radical (unpaired) electrons. The molecule has 3 aliphatic heterocycles. The lowest BCUT2D eigenvalue weighted by atomic mass is 9.78. The summed E-state index contributed by atoms with van der Waals surface area (Å²) in [7, 11) is 0. The summed E-state index contributed by atoms with van der Waals surface area (Å²) in [5, 5.41) is 0. The van der Waals surface area contributed by atoms with Gasteiger partial charge in [-0.2, -0.15) is 0 Å². The second kappa shape index (κ2) is 9.33. The summed E-state index contributed by atoms with van der Waals surface area (Å²) in [5.41, 5.74) is -0.206. The normalized spacial score (nSPS) is 23.6. The van der Waals surface area contributed by atoms with Crippen molar-refractivity contribution in [2.75, 3.05) is 39.4 Å². The summed E-state index contributed by atoms with van der Waals surface area (Å²) in [5.74, 6) is 0.754. The Labute approximate surface area is 177 Å². The Morgan fingerprint density at radius 2 is 1.70 bits per heavy atom. The maximum atomic E-state index is 13.0. The Morgan fingerprint density at radius 3 is 2.40 bits per heavy atom. The molecular formula is C23H31FN2O4. The lowest BCUT2D eigenvalue weighted by Gasteiger charge is -2.46. The Kier molecular flexibility index (Phi) is 6.56. The molecule has 0 bridgehead atoms. The number of hydrogen-bond acceptors (Lipinski definition) is 4. The van der Waals surface area contributed by atoms with E-state index in [1.807, 2.05) is 9.80 Å². The first kappa shape index (κ1) is 21.1. The summed E-state index contributed by atoms with van der Waals surface area (Å²) in [6, 6.07) is 5.67. The predicted octanol–water partition coefficient (Wildman–Crippen LogP) is 3.00. The first-order valence-electron chi connectivity index (χ1n) is 11.1. The molecule has 3 heterocycles. The van der Waals surface area contributed by atoms with E-state index in [0.29, 0.717) is 43.7 Å². The number of ether oxygens (including phenoxy) is 2. The van der Waals surface area contributed by atoms with Crippen LogP contribution in [0.1, 0.15) is 44.9 Å². The number of hydrogen-bond donors (Lipinski definition) is 0. The third-order valence-corrected chi connectivity index (χ3v) is 6.72. The van der Waals surface area contributed by atoms with Gasteiger partial charge >= 0.3 is 0 Å². The Morgan fingerprint density at radius 1 is 1.03 bits per heavy atom. The van der Waals surface area contributed by atoms with Crippen LogP contribution in [0.2, 0.25) is 0 Å². The van der Waals surface area contributed by atoms with Crippen LogP contribution in [-0.2, 0) is 14.3 Å². The summed E-state index contributed by atoms with van der Waals surface area (Å²) < 4.78 is 24.6. The third kappa shape index (κ3) is 5.12. The van der Waals surface area contributed by atoms with Crippen LogP contribution in [0.25, 0.3) is 0 Å². The molecule has 0 aliphatic carbocycles. The fourth-order valence-corrected chi connectivity index (χ4v) is 4.93. The number of likely N-dealkylation sites (tertiary alicyclic amines) is 2. The second-order valence-corrected chi connectivity index (χ2v) is 8.81. The molecular weight excluding hydrogens is 387 g/mol. The van der Waals surface area contributed by atoms with E-state index in [1.165, 1.54) is 24.3 Å². The minimum absolute atomic E-state index is 0.0492. The molecule has 1 aromatic carbocycles. The van der Waals surface area contributed by atoms with E-state index >= 15 is 0 Å². The van der Waals surface area contributed by atoms with Gasteiger partial charge < -0.3 is 19.3 Å². The van der Waals surface area contributed by atoms with Gasteiger partial charge in [-0.3, -0.25) is 9.59 Å². The van der Waals surface area contributed by atoms with E-state index in [0.717, 1.165) is 51.6 Å². The van der Waals surface area contributed by atoms with Crippen LogP contribution in [-0.4, -0.2) is 66.6 Å². The van der Waals surface area contributed by atoms with Crippen molar-refractivity contribution in [3.05, 3.63) is 30.1 Å². The molecule has 2 amide bonds. The summed E-state index contributed by atoms with van der Waals surface area (Å²) >= 11 is 0. The molecule has 0 N–H and O–H groups in total. The van der Waals surface area contributed by atoms with Gasteiger partial charge in [0.2, 0.25) is 5.91 Å². The molecule has 3 fully saturated rings. The number of piperidine rings is 1. The van der Waals surface area contributed by atoms with Gasteiger partial charge in [0.25, 0.3) is 5.91 Å². The first-order chi connectivity index (χ1) is 14.5. The number of carbonyl (C=O) groups is 2. The van der Waals surface area contributed by atoms with Crippen LogP contribution in [0, 0.1) is 11.7 Å². The molecule has 1 atom stereocenters. The standard InChI is InChI=1S/C23H31FN2O4/c24-19-3-5-20(6-4-19)29-17-22(28)26-12-8-23(9-13-26)16-18(7-14-30-23)15-21(27)25-10-1-2-11-25/h3-6,18H,1-2,7-17H2. The first-order valence-corrected chi connectivity index (χ1v) is 11.1. The van der Waals surface area contributed by atoms with E-state index in [4.69, 9.17) is 9.47 Å². The van der Waals surface area contributed by atoms with E-state index < -0.39 is 0 Å². The van der Waals surface area contributed by atoms with Gasteiger partial charge in [-0.15, -0.1) is 0 Å². The minimum atomic E-state index is -0.331. The quantitative estimate of drug-likeness (QED) is 0.738. The van der Waals surface area contributed by atoms with E-state index in [1.54, 1.807) is 0 Å². The highest BCUT2D eigenvalue weighted by atomic mass is 19.1. The fraction of sp³-hybridized carbons (Fsp3) is 0.652. The highest BCUT2D eigenvalue weighted by Gasteiger charge is 2.41. The molecule has 7 heteroatoms. The fourth-order valence-electron chi connectivity index (χ4n) is 4.93.